The van der Waals surface area contributed by atoms with Crippen molar-refractivity contribution in [2.24, 2.45) is 0 Å². The van der Waals surface area contributed by atoms with Crippen molar-refractivity contribution in [2.75, 3.05) is 0 Å². The zero-order valence-corrected chi connectivity index (χ0v) is 47.2. The van der Waals surface area contributed by atoms with Crippen molar-refractivity contribution < 1.29 is 44.1 Å². The summed E-state index contributed by atoms with van der Waals surface area (Å²) in [6.07, 6.45) is 5.36. The van der Waals surface area contributed by atoms with Gasteiger partial charge >= 0.3 is 0 Å². The minimum atomic E-state index is -0.581. The fourth-order valence-electron chi connectivity index (χ4n) is 10.0. The van der Waals surface area contributed by atoms with Gasteiger partial charge in [-0.25, -0.2) is 4.98 Å². The Morgan fingerprint density at radius 2 is 1.09 bits per heavy atom. The zero-order valence-electron chi connectivity index (χ0n) is 54.9. The molecular formula is C72H62N4OPt-2. The van der Waals surface area contributed by atoms with Gasteiger partial charge in [0.15, 0.2) is 0 Å². The van der Waals surface area contributed by atoms with E-state index in [1.807, 2.05) is 72.9 Å². The molecule has 3 aromatic heterocycles. The van der Waals surface area contributed by atoms with E-state index in [4.69, 9.17) is 17.9 Å². The predicted molar refractivity (Wildman–Crippen MR) is 318 cm³/mol. The molecule has 9 aromatic carbocycles. The van der Waals surface area contributed by atoms with Gasteiger partial charge in [0.05, 0.1) is 30.4 Å². The minimum Gasteiger partial charge on any atom is -0.510 e. The van der Waals surface area contributed by atoms with Gasteiger partial charge < -0.3 is 13.9 Å². The maximum absolute atomic E-state index is 9.22. The minimum absolute atomic E-state index is 0. The topological polar surface area (TPSA) is 35.9 Å². The molecule has 78 heavy (non-hydrogen) atoms. The third-order valence-corrected chi connectivity index (χ3v) is 14.3. The van der Waals surface area contributed by atoms with E-state index in [1.165, 1.54) is 11.1 Å². The molecule has 12 aromatic rings. The number of hydrogen-bond acceptors (Lipinski definition) is 2. The largest absolute Gasteiger partial charge is 0.510 e. The molecule has 0 amide bonds. The molecule has 6 heteroatoms. The summed E-state index contributed by atoms with van der Waals surface area (Å²) in [6.45, 7) is 20.1. The molecule has 0 atom stereocenters. The van der Waals surface area contributed by atoms with Gasteiger partial charge in [-0.3, -0.25) is 4.57 Å². The number of para-hydroxylation sites is 1. The number of pyridine rings is 1. The van der Waals surface area contributed by atoms with Crippen LogP contribution in [0.4, 0.5) is 0 Å². The summed E-state index contributed by atoms with van der Waals surface area (Å²) in [5.74, 6) is 1.50. The predicted octanol–water partition coefficient (Wildman–Crippen LogP) is 18.2. The van der Waals surface area contributed by atoms with Crippen LogP contribution in [0.2, 0.25) is 0 Å². The van der Waals surface area contributed by atoms with Crippen LogP contribution in [0.3, 0.4) is 0 Å². The van der Waals surface area contributed by atoms with Crippen LogP contribution in [0.5, 0.6) is 11.5 Å². The van der Waals surface area contributed by atoms with Crippen molar-refractivity contribution >= 4 is 32.8 Å². The maximum Gasteiger partial charge on any atom is 0.268 e. The van der Waals surface area contributed by atoms with Crippen LogP contribution in [0, 0.1) is 18.5 Å². The fourth-order valence-corrected chi connectivity index (χ4v) is 10.0. The van der Waals surface area contributed by atoms with E-state index in [-0.39, 0.29) is 65.3 Å². The van der Waals surface area contributed by atoms with Crippen molar-refractivity contribution in [3.8, 4) is 73.2 Å². The fraction of sp³-hybridized carbons (Fsp3) is 0.167. The zero-order chi connectivity index (χ0) is 61.9. The summed E-state index contributed by atoms with van der Waals surface area (Å²) in [5, 5.41) is 1.99. The van der Waals surface area contributed by atoms with Crippen LogP contribution in [0.1, 0.15) is 92.7 Å². The van der Waals surface area contributed by atoms with Gasteiger partial charge in [0.1, 0.15) is 5.82 Å². The number of benzene rings is 9. The van der Waals surface area contributed by atoms with E-state index in [2.05, 4.69) is 140 Å². The third kappa shape index (κ3) is 9.93. The Morgan fingerprint density at radius 3 is 1.73 bits per heavy atom. The first-order valence-electron chi connectivity index (χ1n) is 30.9. The van der Waals surface area contributed by atoms with Crippen LogP contribution in [0.25, 0.3) is 94.5 Å². The van der Waals surface area contributed by atoms with Gasteiger partial charge in [0.2, 0.25) is 0 Å². The summed E-state index contributed by atoms with van der Waals surface area (Å²) in [4.78, 5) is 4.97. The second-order valence-corrected chi connectivity index (χ2v) is 22.6. The van der Waals surface area contributed by atoms with E-state index in [9.17, 15) is 5.48 Å². The van der Waals surface area contributed by atoms with Crippen molar-refractivity contribution in [3.05, 3.63) is 247 Å². The molecule has 3 heterocycles. The van der Waals surface area contributed by atoms with Crippen LogP contribution in [-0.2, 0) is 37.3 Å². The van der Waals surface area contributed by atoms with Crippen molar-refractivity contribution in [2.45, 2.75) is 78.6 Å². The first-order valence-corrected chi connectivity index (χ1v) is 25.9. The second-order valence-electron chi connectivity index (χ2n) is 22.6. The first kappa shape index (κ1) is 41.0. The molecule has 388 valence electrons. The normalized spacial score (nSPS) is 13.9. The van der Waals surface area contributed by atoms with Gasteiger partial charge in [-0.15, -0.1) is 29.7 Å². The number of nitrogens with zero attached hydrogens (tertiary/aromatic N) is 4. The molecule has 12 rings (SSSR count). The van der Waals surface area contributed by atoms with E-state index in [1.54, 1.807) is 33.4 Å². The SMILES string of the molecule is [2H]c1c([2H])c([2H])c(-c2cccc(-c3c([2H])c([2H])c([2H])c([2H])c3[2H])c2-[n+]2[c-]n(-c3[c-]c(Oc4[c-]c5c(cc4)c4cc(-c6cc(C(C)(C)C)cc(C(C)(C)C)c6)ccc4n5-c4cc(C(C)(C)C)ccn4)ccc3)c3ccc(-c4ccccc4)cc32)c([2H])c1[2H].[Pt]. The molecule has 0 saturated heterocycles. The van der Waals surface area contributed by atoms with Crippen LogP contribution in [0.15, 0.2) is 212 Å². The molecule has 0 spiro atoms. The van der Waals surface area contributed by atoms with Crippen molar-refractivity contribution in [1.29, 1.82) is 0 Å². The number of fused-ring (bicyclic) bond motifs is 4. The van der Waals surface area contributed by atoms with Gasteiger partial charge in [0, 0.05) is 44.3 Å². The van der Waals surface area contributed by atoms with E-state index < -0.39 is 60.4 Å². The van der Waals surface area contributed by atoms with Gasteiger partial charge in [-0.2, -0.15) is 18.2 Å². The second kappa shape index (κ2) is 20.4. The number of aromatic nitrogens is 4. The summed E-state index contributed by atoms with van der Waals surface area (Å²) >= 11 is 0. The molecule has 0 unspecified atom stereocenters. The number of imidazole rings is 1. The molecule has 0 bridgehead atoms. The standard InChI is InChI=1S/C72H62N4O.Pt/c1-70(2,3)54-37-38-73-68(44-54)76-64-35-31-51(53-39-55(71(4,5)6)43-56(40-53)72(7,8)9)41-63(64)62-34-33-59(46-66(62)76)77-58-28-19-27-57(45-58)74-47-75(67-42-52(32-36-65(67)74)48-21-13-10-14-22-48)69-60(49-23-15-11-16-24-49)29-20-30-61(69)50-25-17-12-18-26-50;/h10-44H,1-9H3;/q-2;/i11D,12D,15D,16D,17D,18D,23D,24D,25D,26D;. The molecular weight excluding hydrogens is 1130 g/mol. The molecule has 5 nitrogen and oxygen atoms in total. The van der Waals surface area contributed by atoms with E-state index in [0.717, 1.165) is 55.4 Å². The maximum atomic E-state index is 9.22. The third-order valence-electron chi connectivity index (χ3n) is 14.3. The number of hydrogen-bond donors (Lipinski definition) is 0. The van der Waals surface area contributed by atoms with Gasteiger partial charge in [0.25, 0.3) is 6.33 Å². The summed E-state index contributed by atoms with van der Waals surface area (Å²) in [5.41, 5.74) is 10.7. The average molecular weight is 1200 g/mol. The van der Waals surface area contributed by atoms with Crippen molar-refractivity contribution in [3.63, 3.8) is 0 Å². The Morgan fingerprint density at radius 1 is 0.487 bits per heavy atom. The van der Waals surface area contributed by atoms with Gasteiger partial charge in [-0.05, 0) is 113 Å². The Kier molecular flexibility index (Phi) is 10.7. The average Bonchev–Trinajstić information content (AvgIpc) is 1.53. The molecule has 0 saturated carbocycles. The molecule has 0 aliphatic heterocycles. The number of ether oxygens (including phenoxy) is 1. The Labute approximate surface area is 487 Å². The first-order chi connectivity index (χ1) is 41.2. The molecule has 0 aliphatic rings. The van der Waals surface area contributed by atoms with E-state index in [0.29, 0.717) is 28.2 Å². The van der Waals surface area contributed by atoms with Crippen LogP contribution < -0.4 is 9.30 Å². The van der Waals surface area contributed by atoms with Crippen LogP contribution >= 0.6 is 0 Å². The van der Waals surface area contributed by atoms with E-state index >= 15 is 0 Å². The molecule has 0 radical (unpaired) electrons. The molecule has 0 N–H and O–H groups in total. The van der Waals surface area contributed by atoms with Gasteiger partial charge in [-0.1, -0.05) is 219 Å². The molecule has 0 fully saturated rings. The van der Waals surface area contributed by atoms with Crippen molar-refractivity contribution in [1.82, 2.24) is 14.1 Å². The Balaban J connectivity index is 0.00000800. The number of rotatable bonds is 9. The smallest absolute Gasteiger partial charge is 0.268 e. The summed E-state index contributed by atoms with van der Waals surface area (Å²) < 4.78 is 101. The van der Waals surface area contributed by atoms with Crippen LogP contribution in [-0.4, -0.2) is 14.1 Å². The summed E-state index contributed by atoms with van der Waals surface area (Å²) in [7, 11) is 0. The quantitative estimate of drug-likeness (QED) is 0.107. The summed E-state index contributed by atoms with van der Waals surface area (Å²) in [6, 6.07) is 49.3. The Bertz CT molecular complexity index is 4620. The monoisotopic (exact) mass is 1200 g/mol. The Hall–Kier alpha value is -8.11. The molecule has 0 aliphatic carbocycles.